The van der Waals surface area contributed by atoms with Gasteiger partial charge in [0.2, 0.25) is 5.91 Å². The predicted octanol–water partition coefficient (Wildman–Crippen LogP) is 4.62. The van der Waals surface area contributed by atoms with Crippen molar-refractivity contribution in [2.45, 2.75) is 32.9 Å². The first-order chi connectivity index (χ1) is 15.1. The number of hydrogen-bond donors (Lipinski definition) is 1. The molecule has 3 aromatic rings. The first-order valence-corrected chi connectivity index (χ1v) is 11.2. The van der Waals surface area contributed by atoms with Crippen LogP contribution in [-0.2, 0) is 17.8 Å². The Hall–Kier alpha value is -2.92. The topological polar surface area (TPSA) is 39.3 Å². The summed E-state index contributed by atoms with van der Waals surface area (Å²) in [6.45, 7) is 6.87. The lowest BCUT2D eigenvalue weighted by Gasteiger charge is -2.42. The number of carbonyl (C=O) groups is 1. The van der Waals surface area contributed by atoms with Gasteiger partial charge in [-0.1, -0.05) is 30.3 Å². The molecule has 5 rings (SSSR count). The van der Waals surface area contributed by atoms with Crippen LogP contribution in [0.25, 0.3) is 16.5 Å². The number of rotatable bonds is 5. The van der Waals surface area contributed by atoms with Crippen molar-refractivity contribution in [1.82, 2.24) is 14.8 Å². The van der Waals surface area contributed by atoms with Crippen LogP contribution in [0.15, 0.2) is 54.7 Å². The Morgan fingerprint density at radius 3 is 2.68 bits per heavy atom. The van der Waals surface area contributed by atoms with Crippen molar-refractivity contribution in [2.24, 2.45) is 5.92 Å². The summed E-state index contributed by atoms with van der Waals surface area (Å²) in [6, 6.07) is 13.3. The van der Waals surface area contributed by atoms with Crippen molar-refractivity contribution in [3.05, 3.63) is 77.2 Å². The highest BCUT2D eigenvalue weighted by Crippen LogP contribution is 2.42. The lowest BCUT2D eigenvalue weighted by molar-refractivity contribution is -0.134. The third kappa shape index (κ3) is 3.47. The van der Waals surface area contributed by atoms with E-state index in [1.807, 2.05) is 30.9 Å². The zero-order chi connectivity index (χ0) is 21.5. The quantitative estimate of drug-likeness (QED) is 0.658. The molecule has 0 fully saturated rings. The van der Waals surface area contributed by atoms with Gasteiger partial charge in [-0.3, -0.25) is 9.69 Å². The minimum atomic E-state index is -0.223. The summed E-state index contributed by atoms with van der Waals surface area (Å²) in [5, 5.41) is 1.28. The van der Waals surface area contributed by atoms with E-state index in [1.54, 1.807) is 0 Å². The van der Waals surface area contributed by atoms with Crippen LogP contribution in [0, 0.1) is 11.7 Å². The third-order valence-corrected chi connectivity index (χ3v) is 6.81. The number of fused-ring (bicyclic) bond motifs is 2. The molecule has 0 saturated heterocycles. The maximum absolute atomic E-state index is 13.4. The Morgan fingerprint density at radius 2 is 1.94 bits per heavy atom. The molecular weight excluding hydrogens is 389 g/mol. The van der Waals surface area contributed by atoms with Crippen molar-refractivity contribution in [3.8, 4) is 0 Å². The molecule has 0 spiro atoms. The molecule has 0 bridgehead atoms. The molecule has 2 atom stereocenters. The molecule has 5 heteroatoms. The molecule has 1 aliphatic heterocycles. The van der Waals surface area contributed by atoms with Crippen molar-refractivity contribution >= 4 is 22.4 Å². The zero-order valence-corrected chi connectivity index (χ0v) is 18.1. The Balaban J connectivity index is 1.57. The number of amides is 1. The van der Waals surface area contributed by atoms with E-state index in [9.17, 15) is 9.18 Å². The van der Waals surface area contributed by atoms with Gasteiger partial charge in [-0.25, -0.2) is 4.39 Å². The fourth-order valence-electron chi connectivity index (χ4n) is 5.25. The number of H-pyrrole nitrogens is 1. The summed E-state index contributed by atoms with van der Waals surface area (Å²) in [4.78, 5) is 21.0. The predicted molar refractivity (Wildman–Crippen MR) is 122 cm³/mol. The molecule has 0 saturated carbocycles. The molecular formula is C26H28FN3O. The summed E-state index contributed by atoms with van der Waals surface area (Å²) in [5.41, 5.74) is 6.01. The van der Waals surface area contributed by atoms with Gasteiger partial charge in [-0.05, 0) is 60.7 Å². The number of halogens is 1. The van der Waals surface area contributed by atoms with Crippen LogP contribution >= 0.6 is 0 Å². The van der Waals surface area contributed by atoms with Crippen LogP contribution < -0.4 is 0 Å². The molecule has 1 aromatic heterocycles. The number of nitrogens with zero attached hydrogens (tertiary/aromatic N) is 2. The van der Waals surface area contributed by atoms with Crippen LogP contribution in [0.4, 0.5) is 4.39 Å². The van der Waals surface area contributed by atoms with E-state index in [1.165, 1.54) is 34.2 Å². The fraction of sp³-hybridized carbons (Fsp3) is 0.346. The van der Waals surface area contributed by atoms with Crippen LogP contribution in [0.2, 0.25) is 0 Å². The molecule has 2 aromatic carbocycles. The van der Waals surface area contributed by atoms with Gasteiger partial charge in [-0.15, -0.1) is 0 Å². The van der Waals surface area contributed by atoms with Gasteiger partial charge in [0.05, 0.1) is 5.92 Å². The van der Waals surface area contributed by atoms with Crippen LogP contribution in [-0.4, -0.2) is 46.4 Å². The number of aromatic amines is 1. The monoisotopic (exact) mass is 417 g/mol. The van der Waals surface area contributed by atoms with E-state index in [2.05, 4.69) is 40.4 Å². The van der Waals surface area contributed by atoms with Gasteiger partial charge >= 0.3 is 0 Å². The second-order valence-corrected chi connectivity index (χ2v) is 8.56. The highest BCUT2D eigenvalue weighted by molar-refractivity contribution is 5.99. The lowest BCUT2D eigenvalue weighted by Crippen LogP contribution is -2.48. The number of aromatic nitrogens is 1. The van der Waals surface area contributed by atoms with E-state index < -0.39 is 0 Å². The standard InChI is InChI=1S/C26H28FN3O/c1-3-29(4-2)26(31)19-12-22-21-6-5-7-23-25(21)18(14-28-23)13-24(22)30(16-19)15-17-8-10-20(27)11-9-17/h5-12,14,19,24,28H,3-4,13,15-16H2,1-2H3/t19-,24-/m1/s1. The summed E-state index contributed by atoms with van der Waals surface area (Å²) >= 11 is 0. The van der Waals surface area contributed by atoms with Gasteiger partial charge in [0.15, 0.2) is 0 Å². The first-order valence-electron chi connectivity index (χ1n) is 11.2. The highest BCUT2D eigenvalue weighted by atomic mass is 19.1. The highest BCUT2D eigenvalue weighted by Gasteiger charge is 2.38. The SMILES string of the molecule is CCN(CC)C(=O)[C@@H]1C=C2c3cccc4[nH]cc(c34)C[C@H]2N(Cc2ccc(F)cc2)C1. The van der Waals surface area contributed by atoms with Crippen LogP contribution in [0.1, 0.15) is 30.5 Å². The zero-order valence-electron chi connectivity index (χ0n) is 18.1. The van der Waals surface area contributed by atoms with E-state index in [4.69, 9.17) is 0 Å². The molecule has 1 N–H and O–H groups in total. The van der Waals surface area contributed by atoms with E-state index in [0.29, 0.717) is 26.2 Å². The number of nitrogens with one attached hydrogen (secondary N) is 1. The summed E-state index contributed by atoms with van der Waals surface area (Å²) < 4.78 is 13.4. The van der Waals surface area contributed by atoms with Crippen molar-refractivity contribution < 1.29 is 9.18 Å². The number of benzene rings is 2. The van der Waals surface area contributed by atoms with Crippen molar-refractivity contribution in [3.63, 3.8) is 0 Å². The minimum Gasteiger partial charge on any atom is -0.361 e. The van der Waals surface area contributed by atoms with Gasteiger partial charge in [0.1, 0.15) is 5.82 Å². The Kier molecular flexibility index (Phi) is 5.14. The second kappa shape index (κ2) is 7.97. The maximum Gasteiger partial charge on any atom is 0.230 e. The van der Waals surface area contributed by atoms with Gasteiger partial charge < -0.3 is 9.88 Å². The van der Waals surface area contributed by atoms with Crippen molar-refractivity contribution in [2.75, 3.05) is 19.6 Å². The lowest BCUT2D eigenvalue weighted by atomic mass is 9.79. The molecule has 1 aliphatic carbocycles. The maximum atomic E-state index is 13.4. The average molecular weight is 418 g/mol. The summed E-state index contributed by atoms with van der Waals surface area (Å²) in [7, 11) is 0. The molecule has 4 nitrogen and oxygen atoms in total. The molecule has 0 radical (unpaired) electrons. The fourth-order valence-corrected chi connectivity index (χ4v) is 5.25. The van der Waals surface area contributed by atoms with Crippen molar-refractivity contribution in [1.29, 1.82) is 0 Å². The minimum absolute atomic E-state index is 0.178. The number of hydrogen-bond acceptors (Lipinski definition) is 2. The van der Waals surface area contributed by atoms with Crippen LogP contribution in [0.3, 0.4) is 0 Å². The molecule has 0 unspecified atom stereocenters. The molecule has 2 aliphatic rings. The first kappa shape index (κ1) is 20.0. The third-order valence-electron chi connectivity index (χ3n) is 6.81. The Bertz CT molecular complexity index is 1140. The van der Waals surface area contributed by atoms with E-state index in [0.717, 1.165) is 17.5 Å². The van der Waals surface area contributed by atoms with Gasteiger partial charge in [-0.2, -0.15) is 0 Å². The number of carbonyl (C=O) groups excluding carboxylic acids is 1. The van der Waals surface area contributed by atoms with Crippen LogP contribution in [0.5, 0.6) is 0 Å². The normalized spacial score (nSPS) is 20.4. The Morgan fingerprint density at radius 1 is 1.16 bits per heavy atom. The Labute approximate surface area is 182 Å². The average Bonchev–Trinajstić information content (AvgIpc) is 3.21. The molecule has 1 amide bonds. The molecule has 31 heavy (non-hydrogen) atoms. The second-order valence-electron chi connectivity index (χ2n) is 8.56. The van der Waals surface area contributed by atoms with Gasteiger partial charge in [0.25, 0.3) is 0 Å². The van der Waals surface area contributed by atoms with E-state index in [-0.39, 0.29) is 23.7 Å². The molecule has 160 valence electrons. The van der Waals surface area contributed by atoms with E-state index >= 15 is 0 Å². The summed E-state index contributed by atoms with van der Waals surface area (Å²) in [5.74, 6) is -0.215. The molecule has 2 heterocycles. The largest absolute Gasteiger partial charge is 0.361 e. The summed E-state index contributed by atoms with van der Waals surface area (Å²) in [6.07, 6.45) is 5.25. The smallest absolute Gasteiger partial charge is 0.230 e. The van der Waals surface area contributed by atoms with Gasteiger partial charge in [0, 0.05) is 49.3 Å².